The minimum absolute atomic E-state index is 0.0128. The smallest absolute Gasteiger partial charge is 0.246 e. The van der Waals surface area contributed by atoms with Gasteiger partial charge >= 0.3 is 0 Å². The molecular weight excluding hydrogens is 423 g/mol. The van der Waals surface area contributed by atoms with Crippen molar-refractivity contribution in [2.45, 2.75) is 38.5 Å². The summed E-state index contributed by atoms with van der Waals surface area (Å²) < 4.78 is 13.6. The highest BCUT2D eigenvalue weighted by Crippen LogP contribution is 2.40. The van der Waals surface area contributed by atoms with Crippen molar-refractivity contribution >= 4 is 33.3 Å². The quantitative estimate of drug-likeness (QED) is 0.543. The number of aryl methyl sites for hydroxylation is 4. The molecule has 7 heteroatoms. The van der Waals surface area contributed by atoms with E-state index >= 15 is 0 Å². The predicted octanol–water partition coefficient (Wildman–Crippen LogP) is 4.33. The number of halogens is 1. The highest BCUT2D eigenvalue weighted by Gasteiger charge is 2.26. The molecule has 0 saturated carbocycles. The third-order valence-corrected chi connectivity index (χ3v) is 7.62. The van der Waals surface area contributed by atoms with Crippen LogP contribution in [0.25, 0.3) is 10.2 Å². The highest BCUT2D eigenvalue weighted by molar-refractivity contribution is 7.19. The van der Waals surface area contributed by atoms with Crippen molar-refractivity contribution < 1.29 is 9.18 Å². The van der Waals surface area contributed by atoms with Crippen molar-refractivity contribution in [3.8, 4) is 0 Å². The Labute approximate surface area is 191 Å². The van der Waals surface area contributed by atoms with Crippen LogP contribution in [-0.4, -0.2) is 47.0 Å². The number of carbonyl (C=O) groups is 1. The minimum atomic E-state index is -0.211. The first-order chi connectivity index (χ1) is 15.6. The van der Waals surface area contributed by atoms with Crippen LogP contribution in [0.4, 0.5) is 10.2 Å². The molecule has 1 aliphatic carbocycles. The molecule has 5 nitrogen and oxygen atoms in total. The van der Waals surface area contributed by atoms with E-state index in [1.165, 1.54) is 40.8 Å². The van der Waals surface area contributed by atoms with Crippen molar-refractivity contribution in [1.29, 1.82) is 0 Å². The second-order valence-electron chi connectivity index (χ2n) is 8.50. The molecule has 0 bridgehead atoms. The van der Waals surface area contributed by atoms with Gasteiger partial charge in [0.1, 0.15) is 22.3 Å². The zero-order valence-corrected chi connectivity index (χ0v) is 19.0. The van der Waals surface area contributed by atoms with Gasteiger partial charge in [-0.2, -0.15) is 0 Å². The van der Waals surface area contributed by atoms with E-state index in [4.69, 9.17) is 9.97 Å². The van der Waals surface area contributed by atoms with Gasteiger partial charge in [0.05, 0.1) is 5.39 Å². The first-order valence-electron chi connectivity index (χ1n) is 11.3. The summed E-state index contributed by atoms with van der Waals surface area (Å²) >= 11 is 1.81. The molecule has 5 rings (SSSR count). The molecule has 166 valence electrons. The Kier molecular flexibility index (Phi) is 5.91. The van der Waals surface area contributed by atoms with Crippen LogP contribution in [0.3, 0.4) is 0 Å². The minimum Gasteiger partial charge on any atom is -0.352 e. The lowest BCUT2D eigenvalue weighted by molar-refractivity contribution is -0.126. The summed E-state index contributed by atoms with van der Waals surface area (Å²) in [5, 5.41) is 1.21. The Morgan fingerprint density at radius 3 is 2.72 bits per heavy atom. The first kappa shape index (κ1) is 21.1. The summed E-state index contributed by atoms with van der Waals surface area (Å²) in [5.74, 6) is 1.59. The predicted molar refractivity (Wildman–Crippen MR) is 127 cm³/mol. The molecule has 0 unspecified atom stereocenters. The van der Waals surface area contributed by atoms with Crippen LogP contribution in [-0.2, 0) is 30.5 Å². The molecule has 1 fully saturated rings. The fraction of sp³-hybridized carbons (Fsp3) is 0.400. The van der Waals surface area contributed by atoms with Gasteiger partial charge in [0.25, 0.3) is 0 Å². The Balaban J connectivity index is 1.47. The number of thiophene rings is 1. The Morgan fingerprint density at radius 1 is 1.12 bits per heavy atom. The van der Waals surface area contributed by atoms with Crippen LogP contribution < -0.4 is 4.90 Å². The van der Waals surface area contributed by atoms with Crippen molar-refractivity contribution in [2.24, 2.45) is 0 Å². The molecule has 1 amide bonds. The van der Waals surface area contributed by atoms with Gasteiger partial charge in [0, 0.05) is 37.5 Å². The summed E-state index contributed by atoms with van der Waals surface area (Å²) in [6.45, 7) is 6.45. The molecule has 1 saturated heterocycles. The summed E-state index contributed by atoms with van der Waals surface area (Å²) in [6.07, 6.45) is 7.41. The molecule has 0 radical (unpaired) electrons. The van der Waals surface area contributed by atoms with E-state index in [1.807, 2.05) is 22.3 Å². The number of hydrogen-bond donors (Lipinski definition) is 0. The molecule has 1 aromatic carbocycles. The maximum Gasteiger partial charge on any atom is 0.246 e. The summed E-state index contributed by atoms with van der Waals surface area (Å²) in [4.78, 5) is 28.7. The molecule has 3 heterocycles. The van der Waals surface area contributed by atoms with Crippen molar-refractivity contribution in [3.63, 3.8) is 0 Å². The summed E-state index contributed by atoms with van der Waals surface area (Å²) in [6, 6.07) is 6.75. The number of rotatable bonds is 5. The largest absolute Gasteiger partial charge is 0.352 e. The average molecular weight is 451 g/mol. The number of amides is 1. The van der Waals surface area contributed by atoms with Crippen LogP contribution in [0.5, 0.6) is 0 Å². The SMILES string of the molecule is C=CC(=O)N1CCN(c2nc(CCc3cccc(F)c3)nc3sc4c(c23)CCCC4)CC1. The molecule has 0 N–H and O–H groups in total. The standard InChI is InChI=1S/C25H27FN4OS/c1-2-22(31)29-12-14-30(15-13-29)24-23-19-8-3-4-9-20(19)32-25(23)28-21(27-24)11-10-17-6-5-7-18(26)16-17/h2,5-7,16H,1,3-4,8-15H2. The lowest BCUT2D eigenvalue weighted by Gasteiger charge is -2.35. The second-order valence-corrected chi connectivity index (χ2v) is 9.58. The van der Waals surface area contributed by atoms with Gasteiger partial charge in [-0.1, -0.05) is 18.7 Å². The van der Waals surface area contributed by atoms with Gasteiger partial charge < -0.3 is 9.80 Å². The molecular formula is C25H27FN4OS. The van der Waals surface area contributed by atoms with Gasteiger partial charge in [0.2, 0.25) is 5.91 Å². The van der Waals surface area contributed by atoms with E-state index in [2.05, 4.69) is 11.5 Å². The lowest BCUT2D eigenvalue weighted by Crippen LogP contribution is -2.48. The Hall–Kier alpha value is -2.80. The fourth-order valence-electron chi connectivity index (χ4n) is 4.74. The summed E-state index contributed by atoms with van der Waals surface area (Å²) in [5.41, 5.74) is 2.38. The molecule has 2 aliphatic rings. The highest BCUT2D eigenvalue weighted by atomic mass is 32.1. The van der Waals surface area contributed by atoms with Crippen molar-refractivity contribution in [2.75, 3.05) is 31.1 Å². The number of benzene rings is 1. The lowest BCUT2D eigenvalue weighted by atomic mass is 9.96. The van der Waals surface area contributed by atoms with E-state index < -0.39 is 0 Å². The number of hydrogen-bond acceptors (Lipinski definition) is 5. The maximum atomic E-state index is 13.6. The molecule has 2 aromatic heterocycles. The van der Waals surface area contributed by atoms with Gasteiger partial charge in [-0.3, -0.25) is 4.79 Å². The van der Waals surface area contributed by atoms with E-state index in [-0.39, 0.29) is 11.7 Å². The van der Waals surface area contributed by atoms with Gasteiger partial charge in [-0.15, -0.1) is 11.3 Å². The molecule has 32 heavy (non-hydrogen) atoms. The first-order valence-corrected chi connectivity index (χ1v) is 12.2. The van der Waals surface area contributed by atoms with E-state index in [0.29, 0.717) is 25.9 Å². The Bertz CT molecular complexity index is 1170. The van der Waals surface area contributed by atoms with E-state index in [9.17, 15) is 9.18 Å². The van der Waals surface area contributed by atoms with Crippen LogP contribution >= 0.6 is 11.3 Å². The number of carbonyl (C=O) groups excluding carboxylic acids is 1. The van der Waals surface area contributed by atoms with Gasteiger partial charge in [-0.05, 0) is 61.4 Å². The zero-order valence-electron chi connectivity index (χ0n) is 18.1. The number of fused-ring (bicyclic) bond motifs is 3. The van der Waals surface area contributed by atoms with Crippen molar-refractivity contribution in [3.05, 3.63) is 64.6 Å². The average Bonchev–Trinajstić information content (AvgIpc) is 3.20. The van der Waals surface area contributed by atoms with Crippen LogP contribution in [0.15, 0.2) is 36.9 Å². The number of aromatic nitrogens is 2. The van der Waals surface area contributed by atoms with E-state index in [0.717, 1.165) is 48.0 Å². The van der Waals surface area contributed by atoms with Crippen molar-refractivity contribution in [1.82, 2.24) is 14.9 Å². The number of nitrogens with zero attached hydrogens (tertiary/aromatic N) is 4. The van der Waals surface area contributed by atoms with E-state index in [1.54, 1.807) is 12.1 Å². The Morgan fingerprint density at radius 2 is 1.94 bits per heavy atom. The van der Waals surface area contributed by atoms with Crippen LogP contribution in [0.2, 0.25) is 0 Å². The maximum absolute atomic E-state index is 13.6. The van der Waals surface area contributed by atoms with Gasteiger partial charge in [-0.25, -0.2) is 14.4 Å². The van der Waals surface area contributed by atoms with Crippen LogP contribution in [0.1, 0.15) is 34.7 Å². The molecule has 1 aliphatic heterocycles. The molecule has 0 atom stereocenters. The normalized spacial score (nSPS) is 16.3. The number of piperazine rings is 1. The molecule has 0 spiro atoms. The second kappa shape index (κ2) is 8.98. The third-order valence-electron chi connectivity index (χ3n) is 6.43. The fourth-order valence-corrected chi connectivity index (χ4v) is 6.01. The van der Waals surface area contributed by atoms with Gasteiger partial charge in [0.15, 0.2) is 0 Å². The topological polar surface area (TPSA) is 49.3 Å². The monoisotopic (exact) mass is 450 g/mol. The zero-order chi connectivity index (χ0) is 22.1. The molecule has 3 aromatic rings. The van der Waals surface area contributed by atoms with Crippen LogP contribution in [0, 0.1) is 5.82 Å². The number of anilines is 1. The summed E-state index contributed by atoms with van der Waals surface area (Å²) in [7, 11) is 0. The third kappa shape index (κ3) is 4.13.